The molecular weight excluding hydrogens is 326 g/mol. The van der Waals surface area contributed by atoms with E-state index in [0.717, 1.165) is 26.8 Å². The van der Waals surface area contributed by atoms with Gasteiger partial charge in [-0.05, 0) is 40.4 Å². The van der Waals surface area contributed by atoms with Gasteiger partial charge >= 0.3 is 0 Å². The summed E-state index contributed by atoms with van der Waals surface area (Å²) in [6.45, 7) is 0.660. The van der Waals surface area contributed by atoms with Crippen molar-refractivity contribution in [3.05, 3.63) is 51.3 Å². The summed E-state index contributed by atoms with van der Waals surface area (Å²) in [7, 11) is 0. The smallest absolute Gasteiger partial charge is 0.135 e. The lowest BCUT2D eigenvalue weighted by Crippen LogP contribution is -2.04. The molecule has 1 aromatic heterocycles. The third-order valence-electron chi connectivity index (χ3n) is 3.07. The molecular formula is C14H13BrClN3. The van der Waals surface area contributed by atoms with Crippen LogP contribution in [0.5, 0.6) is 0 Å². The van der Waals surface area contributed by atoms with E-state index in [1.807, 2.05) is 30.3 Å². The molecule has 1 aliphatic rings. The summed E-state index contributed by atoms with van der Waals surface area (Å²) in [5, 5.41) is 4.07. The van der Waals surface area contributed by atoms with Crippen molar-refractivity contribution in [3.63, 3.8) is 0 Å². The maximum Gasteiger partial charge on any atom is 0.135 e. The first kappa shape index (κ1) is 12.9. The molecule has 5 heteroatoms. The fraction of sp³-hybridized carbons (Fsp3) is 0.286. The molecule has 0 bridgehead atoms. The van der Waals surface area contributed by atoms with Crippen LogP contribution in [0.4, 0.5) is 5.82 Å². The van der Waals surface area contributed by atoms with Gasteiger partial charge in [-0.25, -0.2) is 9.97 Å². The highest BCUT2D eigenvalue weighted by Gasteiger charge is 2.27. The van der Waals surface area contributed by atoms with Crippen LogP contribution in [0.3, 0.4) is 0 Å². The van der Waals surface area contributed by atoms with Gasteiger partial charge in [0.25, 0.3) is 0 Å². The van der Waals surface area contributed by atoms with Crippen molar-refractivity contribution in [3.8, 4) is 0 Å². The van der Waals surface area contributed by atoms with E-state index in [4.69, 9.17) is 11.6 Å². The third kappa shape index (κ3) is 3.25. The molecule has 1 saturated carbocycles. The fourth-order valence-corrected chi connectivity index (χ4v) is 2.48. The van der Waals surface area contributed by atoms with Crippen LogP contribution in [0.15, 0.2) is 34.9 Å². The van der Waals surface area contributed by atoms with Crippen LogP contribution in [0, 0.1) is 0 Å². The normalized spacial score (nSPS) is 14.4. The maximum atomic E-state index is 6.13. The van der Waals surface area contributed by atoms with E-state index in [-0.39, 0.29) is 0 Å². The topological polar surface area (TPSA) is 37.8 Å². The van der Waals surface area contributed by atoms with Crippen LogP contribution >= 0.6 is 27.5 Å². The molecule has 0 atom stereocenters. The molecule has 0 saturated heterocycles. The molecule has 2 aromatic rings. The standard InChI is InChI=1S/C14H13BrClN3/c15-12-7-13(19-14(18-12)9-5-6-9)17-8-10-3-1-2-4-11(10)16/h1-4,7,9H,5-6,8H2,(H,17,18,19). The number of nitrogens with zero attached hydrogens (tertiary/aromatic N) is 2. The van der Waals surface area contributed by atoms with Gasteiger partial charge in [0, 0.05) is 23.6 Å². The summed E-state index contributed by atoms with van der Waals surface area (Å²) in [5.41, 5.74) is 1.06. The summed E-state index contributed by atoms with van der Waals surface area (Å²) in [5.74, 6) is 2.30. The predicted octanol–water partition coefficient (Wildman–Crippen LogP) is 4.38. The van der Waals surface area contributed by atoms with Crippen molar-refractivity contribution in [2.75, 3.05) is 5.32 Å². The number of nitrogens with one attached hydrogen (secondary N) is 1. The number of halogens is 2. The molecule has 0 amide bonds. The summed E-state index contributed by atoms with van der Waals surface area (Å²) in [6, 6.07) is 9.70. The average Bonchev–Trinajstić information content (AvgIpc) is 3.21. The number of hydrogen-bond acceptors (Lipinski definition) is 3. The van der Waals surface area contributed by atoms with Gasteiger partial charge in [0.05, 0.1) is 0 Å². The molecule has 1 N–H and O–H groups in total. The van der Waals surface area contributed by atoms with Gasteiger partial charge in [0.2, 0.25) is 0 Å². The summed E-state index contributed by atoms with van der Waals surface area (Å²) < 4.78 is 0.825. The molecule has 1 aromatic carbocycles. The minimum absolute atomic E-state index is 0.540. The second-order valence-electron chi connectivity index (χ2n) is 4.65. The Balaban J connectivity index is 1.74. The van der Waals surface area contributed by atoms with Crippen molar-refractivity contribution in [2.24, 2.45) is 0 Å². The minimum Gasteiger partial charge on any atom is -0.366 e. The number of rotatable bonds is 4. The Morgan fingerprint density at radius 3 is 2.79 bits per heavy atom. The fourth-order valence-electron chi connectivity index (χ4n) is 1.88. The zero-order chi connectivity index (χ0) is 13.2. The van der Waals surface area contributed by atoms with Gasteiger partial charge in [-0.1, -0.05) is 29.8 Å². The molecule has 0 aliphatic heterocycles. The Bertz CT molecular complexity index is 599. The summed E-state index contributed by atoms with van der Waals surface area (Å²) in [4.78, 5) is 8.95. The molecule has 1 fully saturated rings. The first-order chi connectivity index (χ1) is 9.22. The van der Waals surface area contributed by atoms with Crippen molar-refractivity contribution in [1.82, 2.24) is 9.97 Å². The highest BCUT2D eigenvalue weighted by atomic mass is 79.9. The van der Waals surface area contributed by atoms with Crippen LogP contribution in [0.25, 0.3) is 0 Å². The van der Waals surface area contributed by atoms with E-state index in [1.54, 1.807) is 0 Å². The maximum absolute atomic E-state index is 6.13. The Hall–Kier alpha value is -1.13. The van der Waals surface area contributed by atoms with E-state index in [2.05, 4.69) is 31.2 Å². The second kappa shape index (κ2) is 5.47. The molecule has 1 aliphatic carbocycles. The lowest BCUT2D eigenvalue weighted by atomic mass is 10.2. The first-order valence-corrected chi connectivity index (χ1v) is 7.41. The van der Waals surface area contributed by atoms with Gasteiger partial charge in [0.15, 0.2) is 0 Å². The van der Waals surface area contributed by atoms with Crippen LogP contribution in [-0.2, 0) is 6.54 Å². The number of benzene rings is 1. The SMILES string of the molecule is Clc1ccccc1CNc1cc(Br)nc(C2CC2)n1. The molecule has 0 radical (unpaired) electrons. The van der Waals surface area contributed by atoms with E-state index >= 15 is 0 Å². The van der Waals surface area contributed by atoms with Crippen molar-refractivity contribution in [2.45, 2.75) is 25.3 Å². The Morgan fingerprint density at radius 1 is 1.26 bits per heavy atom. The van der Waals surface area contributed by atoms with Gasteiger partial charge in [-0.15, -0.1) is 0 Å². The van der Waals surface area contributed by atoms with Crippen LogP contribution < -0.4 is 5.32 Å². The van der Waals surface area contributed by atoms with E-state index in [1.165, 1.54) is 12.8 Å². The molecule has 3 rings (SSSR count). The van der Waals surface area contributed by atoms with Gasteiger partial charge in [-0.2, -0.15) is 0 Å². The van der Waals surface area contributed by atoms with Crippen LogP contribution in [0.1, 0.15) is 30.1 Å². The third-order valence-corrected chi connectivity index (χ3v) is 3.85. The van der Waals surface area contributed by atoms with Gasteiger partial charge in [0.1, 0.15) is 16.2 Å². The minimum atomic E-state index is 0.540. The Morgan fingerprint density at radius 2 is 2.05 bits per heavy atom. The largest absolute Gasteiger partial charge is 0.366 e. The Labute approximate surface area is 125 Å². The van der Waals surface area contributed by atoms with Crippen molar-refractivity contribution >= 4 is 33.3 Å². The van der Waals surface area contributed by atoms with E-state index in [9.17, 15) is 0 Å². The number of aromatic nitrogens is 2. The molecule has 19 heavy (non-hydrogen) atoms. The van der Waals surface area contributed by atoms with Crippen molar-refractivity contribution < 1.29 is 0 Å². The van der Waals surface area contributed by atoms with Crippen LogP contribution in [0.2, 0.25) is 5.02 Å². The monoisotopic (exact) mass is 337 g/mol. The number of hydrogen-bond donors (Lipinski definition) is 1. The molecule has 98 valence electrons. The average molecular weight is 339 g/mol. The zero-order valence-electron chi connectivity index (χ0n) is 10.2. The second-order valence-corrected chi connectivity index (χ2v) is 5.87. The number of anilines is 1. The summed E-state index contributed by atoms with van der Waals surface area (Å²) >= 11 is 9.56. The van der Waals surface area contributed by atoms with E-state index in [0.29, 0.717) is 12.5 Å². The highest BCUT2D eigenvalue weighted by Crippen LogP contribution is 2.38. The van der Waals surface area contributed by atoms with Gasteiger partial charge in [-0.3, -0.25) is 0 Å². The molecule has 0 spiro atoms. The molecule has 0 unspecified atom stereocenters. The van der Waals surface area contributed by atoms with Crippen molar-refractivity contribution in [1.29, 1.82) is 0 Å². The summed E-state index contributed by atoms with van der Waals surface area (Å²) in [6.07, 6.45) is 2.39. The zero-order valence-corrected chi connectivity index (χ0v) is 12.6. The van der Waals surface area contributed by atoms with Gasteiger partial charge < -0.3 is 5.32 Å². The molecule has 1 heterocycles. The molecule has 3 nitrogen and oxygen atoms in total. The lowest BCUT2D eigenvalue weighted by molar-refractivity contribution is 0.910. The van der Waals surface area contributed by atoms with E-state index < -0.39 is 0 Å². The first-order valence-electron chi connectivity index (χ1n) is 6.24. The predicted molar refractivity (Wildman–Crippen MR) is 80.5 cm³/mol. The lowest BCUT2D eigenvalue weighted by Gasteiger charge is -2.09. The quantitative estimate of drug-likeness (QED) is 0.841. The van der Waals surface area contributed by atoms with Crippen LogP contribution in [-0.4, -0.2) is 9.97 Å². The highest BCUT2D eigenvalue weighted by molar-refractivity contribution is 9.10. The Kier molecular flexibility index (Phi) is 3.71.